The van der Waals surface area contributed by atoms with Gasteiger partial charge in [-0.2, -0.15) is 0 Å². The maximum Gasteiger partial charge on any atom is 0.142 e. The number of benzene rings is 1. The molecular weight excluding hydrogens is 214 g/mol. The van der Waals surface area contributed by atoms with Crippen LogP contribution in [0, 0.1) is 5.41 Å². The maximum absolute atomic E-state index is 5.99. The van der Waals surface area contributed by atoms with E-state index in [-0.39, 0.29) is 5.41 Å². The van der Waals surface area contributed by atoms with Gasteiger partial charge in [-0.1, -0.05) is 19.1 Å². The lowest BCUT2D eigenvalue weighted by Crippen LogP contribution is -2.25. The molecule has 2 aliphatic heterocycles. The Kier molecular flexibility index (Phi) is 2.71. The molecule has 1 N–H and O–H groups in total. The van der Waals surface area contributed by atoms with E-state index in [2.05, 4.69) is 30.4 Å². The molecule has 1 fully saturated rings. The molecule has 3 heteroatoms. The minimum Gasteiger partial charge on any atom is -0.491 e. The van der Waals surface area contributed by atoms with E-state index in [1.807, 2.05) is 0 Å². The molecule has 3 rings (SSSR count). The molecule has 2 heterocycles. The van der Waals surface area contributed by atoms with Crippen molar-refractivity contribution in [3.05, 3.63) is 23.8 Å². The first-order valence-electron chi connectivity index (χ1n) is 6.33. The van der Waals surface area contributed by atoms with Crippen LogP contribution in [-0.4, -0.2) is 26.4 Å². The fraction of sp³-hybridized carbons (Fsp3) is 0.571. The molecule has 0 radical (unpaired) electrons. The summed E-state index contributed by atoms with van der Waals surface area (Å²) < 4.78 is 11.4. The van der Waals surface area contributed by atoms with Crippen LogP contribution in [0.4, 0.5) is 5.69 Å². The number of rotatable bonds is 3. The van der Waals surface area contributed by atoms with Gasteiger partial charge in [0.1, 0.15) is 5.75 Å². The molecule has 1 atom stereocenters. The van der Waals surface area contributed by atoms with Crippen molar-refractivity contribution in [3.63, 3.8) is 0 Å². The summed E-state index contributed by atoms with van der Waals surface area (Å²) in [4.78, 5) is 0. The highest BCUT2D eigenvalue weighted by Gasteiger charge is 2.31. The highest BCUT2D eigenvalue weighted by atomic mass is 16.5. The molecule has 0 amide bonds. The third-order valence-corrected chi connectivity index (χ3v) is 3.69. The maximum atomic E-state index is 5.99. The predicted molar refractivity (Wildman–Crippen MR) is 67.7 cm³/mol. The molecule has 1 unspecified atom stereocenters. The van der Waals surface area contributed by atoms with Gasteiger partial charge in [0.2, 0.25) is 0 Å². The molecule has 1 aromatic carbocycles. The van der Waals surface area contributed by atoms with E-state index in [0.717, 1.165) is 45.0 Å². The van der Waals surface area contributed by atoms with E-state index in [0.29, 0.717) is 0 Å². The van der Waals surface area contributed by atoms with E-state index >= 15 is 0 Å². The second-order valence-corrected chi connectivity index (χ2v) is 5.37. The van der Waals surface area contributed by atoms with Crippen LogP contribution in [0.25, 0.3) is 0 Å². The molecule has 1 aromatic rings. The molecule has 3 nitrogen and oxygen atoms in total. The Balaban J connectivity index is 1.71. The van der Waals surface area contributed by atoms with E-state index in [9.17, 15) is 0 Å². The topological polar surface area (TPSA) is 30.5 Å². The smallest absolute Gasteiger partial charge is 0.142 e. The summed E-state index contributed by atoms with van der Waals surface area (Å²) in [6.45, 7) is 5.68. The lowest BCUT2D eigenvalue weighted by Gasteiger charge is -2.22. The van der Waals surface area contributed by atoms with Gasteiger partial charge in [0.15, 0.2) is 0 Å². The Morgan fingerprint density at radius 2 is 2.41 bits per heavy atom. The summed E-state index contributed by atoms with van der Waals surface area (Å²) in [6.07, 6.45) is 2.20. The molecule has 0 aliphatic carbocycles. The zero-order chi connectivity index (χ0) is 11.7. The SMILES string of the molecule is CC1(COc2cccc3c2NCC3)CCOC1. The van der Waals surface area contributed by atoms with Crippen LogP contribution in [0.15, 0.2) is 18.2 Å². The van der Waals surface area contributed by atoms with Gasteiger partial charge in [0.25, 0.3) is 0 Å². The summed E-state index contributed by atoms with van der Waals surface area (Å²) >= 11 is 0. The highest BCUT2D eigenvalue weighted by Crippen LogP contribution is 2.35. The van der Waals surface area contributed by atoms with Crippen LogP contribution < -0.4 is 10.1 Å². The molecule has 17 heavy (non-hydrogen) atoms. The minimum absolute atomic E-state index is 0.182. The summed E-state index contributed by atoms with van der Waals surface area (Å²) in [5.41, 5.74) is 2.74. The van der Waals surface area contributed by atoms with Gasteiger partial charge < -0.3 is 14.8 Å². The highest BCUT2D eigenvalue weighted by molar-refractivity contribution is 5.65. The average molecular weight is 233 g/mol. The van der Waals surface area contributed by atoms with E-state index in [1.54, 1.807) is 0 Å². The van der Waals surface area contributed by atoms with Crippen LogP contribution in [0.1, 0.15) is 18.9 Å². The molecule has 0 spiro atoms. The van der Waals surface area contributed by atoms with Crippen LogP contribution in [0.5, 0.6) is 5.75 Å². The predicted octanol–water partition coefficient (Wildman–Crippen LogP) is 2.46. The molecule has 2 aliphatic rings. The van der Waals surface area contributed by atoms with E-state index < -0.39 is 0 Å². The number of ether oxygens (including phenoxy) is 2. The first-order valence-corrected chi connectivity index (χ1v) is 6.33. The van der Waals surface area contributed by atoms with Gasteiger partial charge in [-0.05, 0) is 24.5 Å². The summed E-state index contributed by atoms with van der Waals surface area (Å²) in [5.74, 6) is 0.994. The number of hydrogen-bond acceptors (Lipinski definition) is 3. The fourth-order valence-electron chi connectivity index (χ4n) is 2.50. The first kappa shape index (κ1) is 10.9. The molecule has 1 saturated heterocycles. The van der Waals surface area contributed by atoms with Crippen molar-refractivity contribution in [2.75, 3.05) is 31.7 Å². The molecular formula is C14H19NO2. The number of fused-ring (bicyclic) bond motifs is 1. The second-order valence-electron chi connectivity index (χ2n) is 5.37. The first-order chi connectivity index (χ1) is 8.27. The van der Waals surface area contributed by atoms with Crippen LogP contribution in [0.2, 0.25) is 0 Å². The van der Waals surface area contributed by atoms with Gasteiger partial charge in [-0.3, -0.25) is 0 Å². The van der Waals surface area contributed by atoms with Crippen LogP contribution in [-0.2, 0) is 11.2 Å². The van der Waals surface area contributed by atoms with Gasteiger partial charge >= 0.3 is 0 Å². The fourth-order valence-corrected chi connectivity index (χ4v) is 2.50. The van der Waals surface area contributed by atoms with Crippen LogP contribution >= 0.6 is 0 Å². The third kappa shape index (κ3) is 2.12. The van der Waals surface area contributed by atoms with Crippen molar-refractivity contribution in [1.82, 2.24) is 0 Å². The third-order valence-electron chi connectivity index (χ3n) is 3.69. The monoisotopic (exact) mass is 233 g/mol. The van der Waals surface area contributed by atoms with Crippen molar-refractivity contribution >= 4 is 5.69 Å². The Morgan fingerprint density at radius 1 is 1.47 bits per heavy atom. The summed E-state index contributed by atoms with van der Waals surface area (Å²) in [5, 5.41) is 3.40. The van der Waals surface area contributed by atoms with E-state index in [4.69, 9.17) is 9.47 Å². The normalized spacial score (nSPS) is 26.6. The second kappa shape index (κ2) is 4.22. The lowest BCUT2D eigenvalue weighted by molar-refractivity contribution is 0.118. The van der Waals surface area contributed by atoms with Gasteiger partial charge in [-0.15, -0.1) is 0 Å². The lowest BCUT2D eigenvalue weighted by atomic mass is 9.91. The van der Waals surface area contributed by atoms with Gasteiger partial charge in [0.05, 0.1) is 18.9 Å². The van der Waals surface area contributed by atoms with Crippen molar-refractivity contribution in [2.45, 2.75) is 19.8 Å². The Morgan fingerprint density at radius 3 is 3.24 bits per heavy atom. The number of anilines is 1. The quantitative estimate of drug-likeness (QED) is 0.870. The average Bonchev–Trinajstić information content (AvgIpc) is 2.95. The molecule has 92 valence electrons. The number of para-hydroxylation sites is 1. The van der Waals surface area contributed by atoms with Gasteiger partial charge in [-0.25, -0.2) is 0 Å². The zero-order valence-corrected chi connectivity index (χ0v) is 10.3. The van der Waals surface area contributed by atoms with Crippen molar-refractivity contribution < 1.29 is 9.47 Å². The zero-order valence-electron chi connectivity index (χ0n) is 10.3. The minimum atomic E-state index is 0.182. The molecule has 0 aromatic heterocycles. The summed E-state index contributed by atoms with van der Waals surface area (Å²) in [6, 6.07) is 6.30. The van der Waals surface area contributed by atoms with Crippen LogP contribution in [0.3, 0.4) is 0 Å². The number of hydrogen-bond donors (Lipinski definition) is 1. The van der Waals surface area contributed by atoms with Crippen molar-refractivity contribution in [2.24, 2.45) is 5.41 Å². The van der Waals surface area contributed by atoms with Gasteiger partial charge in [0, 0.05) is 18.6 Å². The molecule has 0 bridgehead atoms. The molecule has 0 saturated carbocycles. The number of nitrogens with one attached hydrogen (secondary N) is 1. The van der Waals surface area contributed by atoms with E-state index in [1.165, 1.54) is 11.3 Å². The van der Waals surface area contributed by atoms with Crippen molar-refractivity contribution in [1.29, 1.82) is 0 Å². The van der Waals surface area contributed by atoms with Crippen molar-refractivity contribution in [3.8, 4) is 5.75 Å². The Labute approximate surface area is 102 Å². The standard InChI is InChI=1S/C14H19NO2/c1-14(6-8-16-9-14)10-17-12-4-2-3-11-5-7-15-13(11)12/h2-4,15H,5-10H2,1H3. The summed E-state index contributed by atoms with van der Waals surface area (Å²) in [7, 11) is 0. The Hall–Kier alpha value is -1.22. The Bertz CT molecular complexity index is 411. The largest absolute Gasteiger partial charge is 0.491 e.